The molecule has 0 saturated carbocycles. The fourth-order valence-electron chi connectivity index (χ4n) is 1.97. The van der Waals surface area contributed by atoms with E-state index in [0.29, 0.717) is 6.54 Å². The first-order valence-corrected chi connectivity index (χ1v) is 6.12. The van der Waals surface area contributed by atoms with Crippen LogP contribution in [0.5, 0.6) is 0 Å². The van der Waals surface area contributed by atoms with Gasteiger partial charge in [0.05, 0.1) is 5.69 Å². The number of hydrogen-bond acceptors (Lipinski definition) is 3. The fourth-order valence-corrected chi connectivity index (χ4v) is 1.97. The number of imidazole rings is 1. The van der Waals surface area contributed by atoms with Crippen molar-refractivity contribution in [2.24, 2.45) is 12.8 Å². The van der Waals surface area contributed by atoms with Crippen LogP contribution >= 0.6 is 0 Å². The second-order valence-electron chi connectivity index (χ2n) is 4.65. The summed E-state index contributed by atoms with van der Waals surface area (Å²) in [7, 11) is 6.09. The van der Waals surface area contributed by atoms with Crippen molar-refractivity contribution in [1.82, 2.24) is 9.55 Å². The van der Waals surface area contributed by atoms with Crippen molar-refractivity contribution in [3.63, 3.8) is 0 Å². The van der Waals surface area contributed by atoms with Gasteiger partial charge in [0, 0.05) is 45.0 Å². The number of nitrogens with zero attached hydrogens (tertiary/aromatic N) is 3. The van der Waals surface area contributed by atoms with Gasteiger partial charge in [-0.15, -0.1) is 0 Å². The summed E-state index contributed by atoms with van der Waals surface area (Å²) in [6.07, 6.45) is 2.87. The number of aromatic nitrogens is 2. The Balaban J connectivity index is 2.30. The van der Waals surface area contributed by atoms with Crippen LogP contribution in [-0.2, 0) is 13.5 Å². The predicted molar refractivity (Wildman–Crippen MR) is 75.7 cm³/mol. The first-order valence-electron chi connectivity index (χ1n) is 6.12. The summed E-state index contributed by atoms with van der Waals surface area (Å²) in [5, 5.41) is 0. The van der Waals surface area contributed by atoms with Crippen LogP contribution in [0.3, 0.4) is 0 Å². The van der Waals surface area contributed by atoms with Crippen molar-refractivity contribution in [3.8, 4) is 11.4 Å². The lowest BCUT2D eigenvalue weighted by Crippen LogP contribution is -2.08. The zero-order chi connectivity index (χ0) is 13.1. The minimum Gasteiger partial charge on any atom is -0.378 e. The second kappa shape index (κ2) is 5.23. The van der Waals surface area contributed by atoms with Gasteiger partial charge in [0.1, 0.15) is 5.82 Å². The molecule has 18 heavy (non-hydrogen) atoms. The summed E-state index contributed by atoms with van der Waals surface area (Å²) in [6, 6.07) is 8.41. The van der Waals surface area contributed by atoms with Crippen LogP contribution in [0.4, 0.5) is 5.69 Å². The Kier molecular flexibility index (Phi) is 3.67. The monoisotopic (exact) mass is 244 g/mol. The van der Waals surface area contributed by atoms with Gasteiger partial charge < -0.3 is 15.2 Å². The van der Waals surface area contributed by atoms with E-state index in [1.54, 1.807) is 0 Å². The van der Waals surface area contributed by atoms with Gasteiger partial charge in [-0.2, -0.15) is 0 Å². The van der Waals surface area contributed by atoms with Gasteiger partial charge in [-0.3, -0.25) is 0 Å². The number of anilines is 1. The molecule has 1 aromatic carbocycles. The van der Waals surface area contributed by atoms with E-state index >= 15 is 0 Å². The molecule has 1 heterocycles. The highest BCUT2D eigenvalue weighted by Crippen LogP contribution is 2.21. The number of hydrogen-bond donors (Lipinski definition) is 1. The van der Waals surface area contributed by atoms with E-state index in [-0.39, 0.29) is 0 Å². The molecule has 0 aliphatic heterocycles. The maximum atomic E-state index is 5.56. The van der Waals surface area contributed by atoms with E-state index in [1.807, 2.05) is 27.3 Å². The van der Waals surface area contributed by atoms with Gasteiger partial charge in [-0.25, -0.2) is 4.98 Å². The molecule has 2 N–H and O–H groups in total. The Labute approximate surface area is 108 Å². The van der Waals surface area contributed by atoms with Crippen molar-refractivity contribution in [2.75, 3.05) is 25.5 Å². The maximum absolute atomic E-state index is 5.56. The SMILES string of the molecule is CN(C)c1ccc(-c2nc(CCN)cn2C)cc1. The molecule has 0 aliphatic rings. The molecule has 0 saturated heterocycles. The molecular formula is C14H20N4. The number of nitrogens with two attached hydrogens (primary N) is 1. The second-order valence-corrected chi connectivity index (χ2v) is 4.65. The number of rotatable bonds is 4. The lowest BCUT2D eigenvalue weighted by Gasteiger charge is -2.12. The van der Waals surface area contributed by atoms with Crippen LogP contribution in [0.25, 0.3) is 11.4 Å². The molecule has 0 unspecified atom stereocenters. The lowest BCUT2D eigenvalue weighted by atomic mass is 10.2. The molecule has 0 fully saturated rings. The third-order valence-electron chi connectivity index (χ3n) is 2.97. The van der Waals surface area contributed by atoms with Crippen molar-refractivity contribution < 1.29 is 0 Å². The van der Waals surface area contributed by atoms with Crippen LogP contribution in [0.15, 0.2) is 30.5 Å². The molecule has 0 spiro atoms. The van der Waals surface area contributed by atoms with Crippen molar-refractivity contribution in [1.29, 1.82) is 0 Å². The molecule has 0 aliphatic carbocycles. The third kappa shape index (κ3) is 2.54. The van der Waals surface area contributed by atoms with Gasteiger partial charge in [-0.05, 0) is 30.8 Å². The Morgan fingerprint density at radius 1 is 1.22 bits per heavy atom. The van der Waals surface area contributed by atoms with E-state index in [2.05, 4.69) is 38.7 Å². The average molecular weight is 244 g/mol. The predicted octanol–water partition coefficient (Wildman–Crippen LogP) is 1.65. The zero-order valence-electron chi connectivity index (χ0n) is 11.2. The van der Waals surface area contributed by atoms with E-state index in [9.17, 15) is 0 Å². The minimum absolute atomic E-state index is 0.635. The molecule has 0 amide bonds. The topological polar surface area (TPSA) is 47.1 Å². The van der Waals surface area contributed by atoms with Gasteiger partial charge in [0.25, 0.3) is 0 Å². The Hall–Kier alpha value is -1.81. The van der Waals surface area contributed by atoms with Crippen molar-refractivity contribution in [2.45, 2.75) is 6.42 Å². The van der Waals surface area contributed by atoms with E-state index < -0.39 is 0 Å². The molecule has 4 nitrogen and oxygen atoms in total. The third-order valence-corrected chi connectivity index (χ3v) is 2.97. The van der Waals surface area contributed by atoms with Gasteiger partial charge in [0.2, 0.25) is 0 Å². The standard InChI is InChI=1S/C14H20N4/c1-17(2)13-6-4-11(5-7-13)14-16-12(8-9-15)10-18(14)3/h4-7,10H,8-9,15H2,1-3H3. The molecular weight excluding hydrogens is 224 g/mol. The average Bonchev–Trinajstić information content (AvgIpc) is 2.71. The highest BCUT2D eigenvalue weighted by Gasteiger charge is 2.07. The van der Waals surface area contributed by atoms with Gasteiger partial charge in [-0.1, -0.05) is 0 Å². The molecule has 0 radical (unpaired) electrons. The quantitative estimate of drug-likeness (QED) is 0.889. The summed E-state index contributed by atoms with van der Waals surface area (Å²) >= 11 is 0. The van der Waals surface area contributed by atoms with Crippen molar-refractivity contribution >= 4 is 5.69 Å². The molecule has 2 aromatic rings. The van der Waals surface area contributed by atoms with Crippen LogP contribution in [0, 0.1) is 0 Å². The molecule has 96 valence electrons. The fraction of sp³-hybridized carbons (Fsp3) is 0.357. The summed E-state index contributed by atoms with van der Waals surface area (Å²) < 4.78 is 2.05. The van der Waals surface area contributed by atoms with E-state index in [1.165, 1.54) is 5.69 Å². The van der Waals surface area contributed by atoms with Crippen LogP contribution in [0.2, 0.25) is 0 Å². The summed E-state index contributed by atoms with van der Waals surface area (Å²) in [5.74, 6) is 0.990. The largest absolute Gasteiger partial charge is 0.378 e. The number of benzene rings is 1. The first kappa shape index (κ1) is 12.6. The highest BCUT2D eigenvalue weighted by atomic mass is 15.1. The summed E-state index contributed by atoms with van der Waals surface area (Å²) in [5.41, 5.74) is 8.93. The Morgan fingerprint density at radius 2 is 1.89 bits per heavy atom. The maximum Gasteiger partial charge on any atom is 0.139 e. The van der Waals surface area contributed by atoms with Crippen LogP contribution in [-0.4, -0.2) is 30.2 Å². The molecule has 4 heteroatoms. The van der Waals surface area contributed by atoms with Gasteiger partial charge in [0.15, 0.2) is 0 Å². The summed E-state index contributed by atoms with van der Waals surface area (Å²) in [6.45, 7) is 0.635. The highest BCUT2D eigenvalue weighted by molar-refractivity contribution is 5.60. The smallest absolute Gasteiger partial charge is 0.139 e. The van der Waals surface area contributed by atoms with Crippen LogP contribution in [0.1, 0.15) is 5.69 Å². The molecule has 2 rings (SSSR count). The normalized spacial score (nSPS) is 10.7. The van der Waals surface area contributed by atoms with E-state index in [0.717, 1.165) is 23.5 Å². The zero-order valence-corrected chi connectivity index (χ0v) is 11.2. The minimum atomic E-state index is 0.635. The van der Waals surface area contributed by atoms with Gasteiger partial charge >= 0.3 is 0 Å². The molecule has 0 bridgehead atoms. The van der Waals surface area contributed by atoms with Crippen molar-refractivity contribution in [3.05, 3.63) is 36.2 Å². The number of aryl methyl sites for hydroxylation is 1. The lowest BCUT2D eigenvalue weighted by molar-refractivity contribution is 0.912. The Morgan fingerprint density at radius 3 is 2.44 bits per heavy atom. The molecule has 1 aromatic heterocycles. The molecule has 0 atom stereocenters. The van der Waals surface area contributed by atoms with E-state index in [4.69, 9.17) is 5.73 Å². The van der Waals surface area contributed by atoms with Crippen LogP contribution < -0.4 is 10.6 Å². The Bertz CT molecular complexity index is 511. The first-order chi connectivity index (χ1) is 8.61. The summed E-state index contributed by atoms with van der Waals surface area (Å²) in [4.78, 5) is 6.70.